The monoisotopic (exact) mass is 550 g/mol. The van der Waals surface area contributed by atoms with Crippen LogP contribution in [0.15, 0.2) is 49.2 Å². The smallest absolute Gasteiger partial charge is 0.306 e. The Hall–Kier alpha value is -3.84. The molecule has 14 heteroatoms. The van der Waals surface area contributed by atoms with Crippen LogP contribution in [0.3, 0.4) is 0 Å². The number of halogens is 5. The summed E-state index contributed by atoms with van der Waals surface area (Å²) in [6.07, 6.45) is -0.161. The van der Waals surface area contributed by atoms with E-state index >= 15 is 0 Å². The molecule has 0 aliphatic heterocycles. The molecule has 37 heavy (non-hydrogen) atoms. The summed E-state index contributed by atoms with van der Waals surface area (Å²) in [6.45, 7) is 1.73. The minimum atomic E-state index is -4.71. The van der Waals surface area contributed by atoms with Gasteiger partial charge in [-0.05, 0) is 18.2 Å². The van der Waals surface area contributed by atoms with Crippen LogP contribution in [-0.2, 0) is 6.18 Å². The summed E-state index contributed by atoms with van der Waals surface area (Å²) in [7, 11) is 0. The molecule has 0 aliphatic carbocycles. The van der Waals surface area contributed by atoms with Crippen LogP contribution < -0.4 is 5.32 Å². The zero-order chi connectivity index (χ0) is 26.7. The second-order valence-electron chi connectivity index (χ2n) is 7.75. The van der Waals surface area contributed by atoms with Gasteiger partial charge in [0.1, 0.15) is 22.7 Å². The van der Waals surface area contributed by atoms with E-state index in [0.29, 0.717) is 22.3 Å². The summed E-state index contributed by atoms with van der Waals surface area (Å²) in [6, 6.07) is 4.82. The van der Waals surface area contributed by atoms with Crippen LogP contribution >= 0.6 is 22.9 Å². The van der Waals surface area contributed by atoms with Crippen LogP contribution in [-0.4, -0.2) is 36.6 Å². The number of carbonyl (C=O) groups is 2. The number of Topliss-reactive ketones (excluding diaryl/α,β-unsaturated/α-hetero) is 1. The molecule has 0 radical (unpaired) electrons. The van der Waals surface area contributed by atoms with Gasteiger partial charge >= 0.3 is 6.18 Å². The van der Waals surface area contributed by atoms with E-state index < -0.39 is 34.5 Å². The molecule has 0 saturated heterocycles. The highest BCUT2D eigenvalue weighted by molar-refractivity contribution is 7.13. The van der Waals surface area contributed by atoms with E-state index in [1.165, 1.54) is 30.9 Å². The predicted octanol–water partition coefficient (Wildman–Crippen LogP) is 5.83. The van der Waals surface area contributed by atoms with E-state index in [1.807, 2.05) is 0 Å². The minimum Gasteiger partial charge on any atom is -0.306 e. The van der Waals surface area contributed by atoms with Crippen molar-refractivity contribution in [1.29, 1.82) is 0 Å². The fourth-order valence-electron chi connectivity index (χ4n) is 3.22. The lowest BCUT2D eigenvalue weighted by molar-refractivity contribution is -0.137. The van der Waals surface area contributed by atoms with Gasteiger partial charge in [0.2, 0.25) is 5.95 Å². The topological polar surface area (TPSA) is 111 Å². The molecular weight excluding hydrogens is 536 g/mol. The average Bonchev–Trinajstić information content (AvgIpc) is 3.35. The Morgan fingerprint density at radius 1 is 1.08 bits per heavy atom. The van der Waals surface area contributed by atoms with Gasteiger partial charge in [-0.25, -0.2) is 24.9 Å². The third kappa shape index (κ3) is 6.30. The first-order valence-corrected chi connectivity index (χ1v) is 11.7. The number of anilines is 1. The summed E-state index contributed by atoms with van der Waals surface area (Å²) in [5, 5.41) is 2.16. The van der Waals surface area contributed by atoms with E-state index in [1.54, 1.807) is 13.0 Å². The molecule has 4 heterocycles. The van der Waals surface area contributed by atoms with Crippen LogP contribution in [0.4, 0.5) is 23.4 Å². The van der Waals surface area contributed by atoms with Crippen molar-refractivity contribution < 1.29 is 27.2 Å². The number of carbonyl (C=O) groups excluding carboxylic acids is 2. The molecule has 0 spiro atoms. The first-order chi connectivity index (χ1) is 17.5. The van der Waals surface area contributed by atoms with E-state index in [9.17, 15) is 27.2 Å². The molecule has 0 aliphatic rings. The molecular formula is C23H15ClF4N6O2S. The second-order valence-corrected chi connectivity index (χ2v) is 9.22. The normalized spacial score (nSPS) is 12.3. The Balaban J connectivity index is 1.43. The molecule has 4 rings (SSSR count). The molecule has 0 fully saturated rings. The summed E-state index contributed by atoms with van der Waals surface area (Å²) < 4.78 is 52.6. The standard InChI is InChI=1S/C23H15ClF4N6O2S/c1-11(4-17(35)16-7-15(32-10-33-16)12-2-3-29-19(25)5-12)22-31-9-18(37-22)21(36)34-20-6-13(23(26,27)28)14(24)8-30-20/h2-3,5-11H,4H2,1H3,(H,30,34,36). The lowest BCUT2D eigenvalue weighted by Crippen LogP contribution is -2.13. The van der Waals surface area contributed by atoms with Gasteiger partial charge < -0.3 is 5.32 Å². The van der Waals surface area contributed by atoms with Crippen molar-refractivity contribution in [3.8, 4) is 11.3 Å². The maximum atomic E-state index is 13.4. The van der Waals surface area contributed by atoms with Gasteiger partial charge in [-0.15, -0.1) is 11.3 Å². The second kappa shape index (κ2) is 10.6. The molecule has 1 amide bonds. The highest BCUT2D eigenvalue weighted by Gasteiger charge is 2.34. The molecule has 1 N–H and O–H groups in total. The quantitative estimate of drug-likeness (QED) is 0.175. The Kier molecular flexibility index (Phi) is 7.55. The largest absolute Gasteiger partial charge is 0.418 e. The molecule has 0 aromatic carbocycles. The fourth-order valence-corrected chi connectivity index (χ4v) is 4.30. The van der Waals surface area contributed by atoms with Crippen molar-refractivity contribution in [2.24, 2.45) is 0 Å². The minimum absolute atomic E-state index is 0.00339. The van der Waals surface area contributed by atoms with E-state index in [4.69, 9.17) is 11.6 Å². The van der Waals surface area contributed by atoms with E-state index in [2.05, 4.69) is 30.2 Å². The third-order valence-corrected chi connectivity index (χ3v) is 6.57. The average molecular weight is 551 g/mol. The SMILES string of the molecule is CC(CC(=O)c1cc(-c2ccnc(F)c2)ncn1)c1ncc(C(=O)Nc2cc(C(F)(F)F)c(Cl)cn2)s1. The highest BCUT2D eigenvalue weighted by atomic mass is 35.5. The Morgan fingerprint density at radius 2 is 1.86 bits per heavy atom. The summed E-state index contributed by atoms with van der Waals surface area (Å²) >= 11 is 6.54. The Bertz CT molecular complexity index is 1480. The summed E-state index contributed by atoms with van der Waals surface area (Å²) in [5.74, 6) is -2.45. The van der Waals surface area contributed by atoms with Gasteiger partial charge in [-0.1, -0.05) is 18.5 Å². The van der Waals surface area contributed by atoms with Crippen molar-refractivity contribution in [1.82, 2.24) is 24.9 Å². The van der Waals surface area contributed by atoms with Gasteiger partial charge in [0.15, 0.2) is 5.78 Å². The first-order valence-electron chi connectivity index (χ1n) is 10.5. The van der Waals surface area contributed by atoms with Crippen LogP contribution in [0.2, 0.25) is 5.02 Å². The lowest BCUT2D eigenvalue weighted by atomic mass is 10.0. The fraction of sp³-hybridized carbons (Fsp3) is 0.174. The number of alkyl halides is 3. The number of rotatable bonds is 7. The molecule has 4 aromatic heterocycles. The van der Waals surface area contributed by atoms with Gasteiger partial charge in [0.25, 0.3) is 5.91 Å². The molecule has 0 bridgehead atoms. The number of aromatic nitrogens is 5. The van der Waals surface area contributed by atoms with Crippen LogP contribution in [0.25, 0.3) is 11.3 Å². The number of ketones is 1. The maximum absolute atomic E-state index is 13.4. The van der Waals surface area contributed by atoms with Crippen LogP contribution in [0.1, 0.15) is 50.0 Å². The van der Waals surface area contributed by atoms with Gasteiger partial charge in [0, 0.05) is 36.4 Å². The summed E-state index contributed by atoms with van der Waals surface area (Å²) in [4.78, 5) is 44.9. The number of amides is 1. The number of hydrogen-bond acceptors (Lipinski definition) is 8. The molecule has 190 valence electrons. The molecule has 8 nitrogen and oxygen atoms in total. The van der Waals surface area contributed by atoms with Crippen molar-refractivity contribution in [3.63, 3.8) is 0 Å². The Morgan fingerprint density at radius 3 is 2.59 bits per heavy atom. The summed E-state index contributed by atoms with van der Waals surface area (Å²) in [5.41, 5.74) is -0.216. The van der Waals surface area contributed by atoms with Crippen molar-refractivity contribution in [2.45, 2.75) is 25.4 Å². The number of hydrogen-bond donors (Lipinski definition) is 1. The third-order valence-electron chi connectivity index (χ3n) is 5.04. The van der Waals surface area contributed by atoms with Gasteiger partial charge in [0.05, 0.1) is 27.5 Å². The lowest BCUT2D eigenvalue weighted by Gasteiger charge is -2.10. The number of thiazole rings is 1. The van der Waals surface area contributed by atoms with E-state index in [-0.39, 0.29) is 28.6 Å². The first kappa shape index (κ1) is 26.2. The van der Waals surface area contributed by atoms with E-state index in [0.717, 1.165) is 17.5 Å². The molecule has 4 aromatic rings. The Labute approximate surface area is 215 Å². The van der Waals surface area contributed by atoms with Gasteiger partial charge in [-0.3, -0.25) is 9.59 Å². The van der Waals surface area contributed by atoms with Gasteiger partial charge in [-0.2, -0.15) is 17.6 Å². The van der Waals surface area contributed by atoms with Crippen molar-refractivity contribution >= 4 is 40.4 Å². The molecule has 1 unspecified atom stereocenters. The van der Waals surface area contributed by atoms with Crippen LogP contribution in [0.5, 0.6) is 0 Å². The van der Waals surface area contributed by atoms with Crippen molar-refractivity contribution in [2.75, 3.05) is 5.32 Å². The number of nitrogens with one attached hydrogen (secondary N) is 1. The van der Waals surface area contributed by atoms with Crippen LogP contribution in [0, 0.1) is 5.95 Å². The number of nitrogens with zero attached hydrogens (tertiary/aromatic N) is 5. The van der Waals surface area contributed by atoms with Crippen molar-refractivity contribution in [3.05, 3.63) is 81.3 Å². The molecule has 1 atom stereocenters. The predicted molar refractivity (Wildman–Crippen MR) is 127 cm³/mol. The maximum Gasteiger partial charge on any atom is 0.418 e. The molecule has 0 saturated carbocycles. The highest BCUT2D eigenvalue weighted by Crippen LogP contribution is 2.35. The number of pyridine rings is 2. The zero-order valence-corrected chi connectivity index (χ0v) is 20.3. The zero-order valence-electron chi connectivity index (χ0n) is 18.8.